The molecular weight excluding hydrogens is 365 g/mol. The van der Waals surface area contributed by atoms with E-state index in [-0.39, 0.29) is 23.4 Å². The topological polar surface area (TPSA) is 104 Å². The van der Waals surface area contributed by atoms with Crippen molar-refractivity contribution in [1.82, 2.24) is 25.5 Å². The van der Waals surface area contributed by atoms with Crippen molar-refractivity contribution in [3.05, 3.63) is 45.8 Å². The maximum absolute atomic E-state index is 12.9. The minimum absolute atomic E-state index is 0.0550. The van der Waals surface area contributed by atoms with Crippen molar-refractivity contribution in [1.29, 1.82) is 0 Å². The van der Waals surface area contributed by atoms with Crippen LogP contribution in [0.4, 0.5) is 19.0 Å². The molecule has 144 valence electrons. The van der Waals surface area contributed by atoms with Crippen LogP contribution in [0.25, 0.3) is 0 Å². The molecule has 2 aromatic rings. The highest BCUT2D eigenvalue weighted by Gasteiger charge is 2.34. The monoisotopic (exact) mass is 382 g/mol. The third-order valence-electron chi connectivity index (χ3n) is 4.18. The van der Waals surface area contributed by atoms with Gasteiger partial charge in [0.1, 0.15) is 23.0 Å². The summed E-state index contributed by atoms with van der Waals surface area (Å²) in [6, 6.07) is 3.33. The molecule has 0 spiro atoms. The first-order valence-corrected chi connectivity index (χ1v) is 8.27. The van der Waals surface area contributed by atoms with E-state index in [0.29, 0.717) is 25.9 Å². The first-order chi connectivity index (χ1) is 12.7. The van der Waals surface area contributed by atoms with Crippen molar-refractivity contribution in [3.63, 3.8) is 0 Å². The Kier molecular flexibility index (Phi) is 5.10. The lowest BCUT2D eigenvalue weighted by Crippen LogP contribution is -2.45. The molecule has 1 aliphatic heterocycles. The van der Waals surface area contributed by atoms with Gasteiger partial charge in [-0.1, -0.05) is 0 Å². The summed E-state index contributed by atoms with van der Waals surface area (Å²) in [7, 11) is 0. The number of carbonyl (C=O) groups excluding carboxylic acids is 1. The Bertz CT molecular complexity index is 870. The molecule has 0 atom stereocenters. The maximum atomic E-state index is 12.9. The van der Waals surface area contributed by atoms with Crippen LogP contribution in [0.15, 0.2) is 23.0 Å². The van der Waals surface area contributed by atoms with E-state index in [1.807, 2.05) is 0 Å². The molecule has 27 heavy (non-hydrogen) atoms. The van der Waals surface area contributed by atoms with Crippen LogP contribution in [0.5, 0.6) is 0 Å². The van der Waals surface area contributed by atoms with Gasteiger partial charge in [0.05, 0.1) is 0 Å². The summed E-state index contributed by atoms with van der Waals surface area (Å²) in [5.41, 5.74) is -1.28. The summed E-state index contributed by atoms with van der Waals surface area (Å²) >= 11 is 0. The zero-order valence-electron chi connectivity index (χ0n) is 14.4. The first kappa shape index (κ1) is 18.8. The minimum Gasteiger partial charge on any atom is -0.356 e. The summed E-state index contributed by atoms with van der Waals surface area (Å²) in [6.07, 6.45) is -3.45. The van der Waals surface area contributed by atoms with Crippen LogP contribution in [-0.2, 0) is 6.18 Å². The van der Waals surface area contributed by atoms with Crippen molar-refractivity contribution >= 4 is 11.7 Å². The Morgan fingerprint density at radius 3 is 2.56 bits per heavy atom. The molecule has 3 heterocycles. The second kappa shape index (κ2) is 7.33. The number of carbonyl (C=O) groups is 1. The summed E-state index contributed by atoms with van der Waals surface area (Å²) < 4.78 is 38.8. The fraction of sp³-hybridized carbons (Fsp3) is 0.438. The summed E-state index contributed by atoms with van der Waals surface area (Å²) in [6.45, 7) is 2.30. The van der Waals surface area contributed by atoms with E-state index < -0.39 is 23.3 Å². The Labute approximate surface area is 151 Å². The molecule has 2 aromatic heterocycles. The molecule has 11 heteroatoms. The van der Waals surface area contributed by atoms with E-state index >= 15 is 0 Å². The summed E-state index contributed by atoms with van der Waals surface area (Å²) in [4.78, 5) is 32.4. The Balaban J connectivity index is 1.62. The predicted octanol–water partition coefficient (Wildman–Crippen LogP) is 1.29. The zero-order chi connectivity index (χ0) is 19.6. The van der Waals surface area contributed by atoms with Crippen molar-refractivity contribution < 1.29 is 18.0 Å². The highest BCUT2D eigenvalue weighted by atomic mass is 19.4. The van der Waals surface area contributed by atoms with E-state index in [9.17, 15) is 22.8 Å². The number of aryl methyl sites for hydroxylation is 1. The number of hydrogen-bond acceptors (Lipinski definition) is 6. The van der Waals surface area contributed by atoms with E-state index in [1.54, 1.807) is 4.90 Å². The van der Waals surface area contributed by atoms with Gasteiger partial charge in [-0.25, -0.2) is 15.1 Å². The highest BCUT2D eigenvalue weighted by Crippen LogP contribution is 2.30. The van der Waals surface area contributed by atoms with E-state index in [1.165, 1.54) is 19.1 Å². The third-order valence-corrected chi connectivity index (χ3v) is 4.18. The average molecular weight is 382 g/mol. The molecule has 0 saturated carbocycles. The van der Waals surface area contributed by atoms with Crippen LogP contribution in [0.2, 0.25) is 0 Å². The molecule has 1 fully saturated rings. The third kappa shape index (κ3) is 4.60. The Morgan fingerprint density at radius 2 is 1.96 bits per heavy atom. The quantitative estimate of drug-likeness (QED) is 0.829. The number of aromatic nitrogens is 4. The van der Waals surface area contributed by atoms with Crippen LogP contribution in [0.1, 0.15) is 34.8 Å². The molecule has 1 aliphatic rings. The lowest BCUT2D eigenvalue weighted by Gasteiger charge is -2.33. The lowest BCUT2D eigenvalue weighted by molar-refractivity contribution is -0.141. The second-order valence-electron chi connectivity index (χ2n) is 6.20. The van der Waals surface area contributed by atoms with Gasteiger partial charge in [-0.15, -0.1) is 0 Å². The Hall–Kier alpha value is -2.98. The number of rotatable bonds is 3. The van der Waals surface area contributed by atoms with Gasteiger partial charge in [0, 0.05) is 31.3 Å². The summed E-state index contributed by atoms with van der Waals surface area (Å²) in [5, 5.41) is 8.66. The number of hydrogen-bond donors (Lipinski definition) is 2. The van der Waals surface area contributed by atoms with Crippen LogP contribution in [-0.4, -0.2) is 45.2 Å². The van der Waals surface area contributed by atoms with Gasteiger partial charge in [-0.3, -0.25) is 9.59 Å². The molecule has 2 N–H and O–H groups in total. The lowest BCUT2D eigenvalue weighted by atomic mass is 10.0. The molecule has 3 rings (SSSR count). The Morgan fingerprint density at radius 1 is 1.26 bits per heavy atom. The van der Waals surface area contributed by atoms with Gasteiger partial charge in [-0.2, -0.15) is 18.3 Å². The van der Waals surface area contributed by atoms with Crippen molar-refractivity contribution in [2.75, 3.05) is 18.0 Å². The molecule has 0 bridgehead atoms. The van der Waals surface area contributed by atoms with Gasteiger partial charge in [0.15, 0.2) is 0 Å². The standard InChI is InChI=1S/C16H17F3N6O2/c1-9-20-12(16(17,18)19)8-13(21-9)25-6-4-10(5-7-25)22-15(27)11-2-3-14(26)24-23-11/h2-3,8,10H,4-7H2,1H3,(H,22,27)(H,24,26). The summed E-state index contributed by atoms with van der Waals surface area (Å²) in [5.74, 6) is -0.136. The van der Waals surface area contributed by atoms with Crippen LogP contribution >= 0.6 is 0 Å². The molecular formula is C16H17F3N6O2. The van der Waals surface area contributed by atoms with Gasteiger partial charge in [0.25, 0.3) is 11.5 Å². The normalized spacial score (nSPS) is 15.6. The number of halogens is 3. The van der Waals surface area contributed by atoms with Crippen molar-refractivity contribution in [2.45, 2.75) is 32.0 Å². The number of amides is 1. The highest BCUT2D eigenvalue weighted by molar-refractivity contribution is 5.92. The van der Waals surface area contributed by atoms with Crippen molar-refractivity contribution in [3.8, 4) is 0 Å². The van der Waals surface area contributed by atoms with E-state index in [2.05, 4.69) is 25.5 Å². The number of aromatic amines is 1. The number of nitrogens with zero attached hydrogens (tertiary/aromatic N) is 4. The first-order valence-electron chi connectivity index (χ1n) is 8.27. The zero-order valence-corrected chi connectivity index (χ0v) is 14.4. The van der Waals surface area contributed by atoms with Gasteiger partial charge < -0.3 is 10.2 Å². The van der Waals surface area contributed by atoms with E-state index in [0.717, 1.165) is 6.07 Å². The molecule has 0 aliphatic carbocycles. The molecule has 8 nitrogen and oxygen atoms in total. The molecule has 0 radical (unpaired) electrons. The number of nitrogens with one attached hydrogen (secondary N) is 2. The SMILES string of the molecule is Cc1nc(N2CCC(NC(=O)c3ccc(=O)[nH]n3)CC2)cc(C(F)(F)F)n1. The minimum atomic E-state index is -4.53. The average Bonchev–Trinajstić information content (AvgIpc) is 2.61. The van der Waals surface area contributed by atoms with E-state index in [4.69, 9.17) is 0 Å². The fourth-order valence-corrected chi connectivity index (χ4v) is 2.84. The fourth-order valence-electron chi connectivity index (χ4n) is 2.84. The maximum Gasteiger partial charge on any atom is 0.433 e. The number of H-pyrrole nitrogens is 1. The molecule has 1 amide bonds. The van der Waals surface area contributed by atoms with Crippen LogP contribution < -0.4 is 15.8 Å². The number of alkyl halides is 3. The largest absolute Gasteiger partial charge is 0.433 e. The molecule has 0 aromatic carbocycles. The smallest absolute Gasteiger partial charge is 0.356 e. The van der Waals surface area contributed by atoms with Crippen LogP contribution in [0, 0.1) is 6.92 Å². The van der Waals surface area contributed by atoms with Gasteiger partial charge in [-0.05, 0) is 25.8 Å². The van der Waals surface area contributed by atoms with Gasteiger partial charge in [0.2, 0.25) is 0 Å². The predicted molar refractivity (Wildman–Crippen MR) is 89.3 cm³/mol. The van der Waals surface area contributed by atoms with Crippen LogP contribution in [0.3, 0.4) is 0 Å². The second-order valence-corrected chi connectivity index (χ2v) is 6.20. The number of anilines is 1. The molecule has 1 saturated heterocycles. The molecule has 0 unspecified atom stereocenters. The van der Waals surface area contributed by atoms with Gasteiger partial charge >= 0.3 is 6.18 Å². The van der Waals surface area contributed by atoms with Crippen molar-refractivity contribution in [2.24, 2.45) is 0 Å². The number of piperidine rings is 1.